The number of pyridine rings is 1. The topological polar surface area (TPSA) is 91.9 Å². The molecule has 1 heterocycles. The molecule has 0 aliphatic heterocycles. The third-order valence-electron chi connectivity index (χ3n) is 4.01. The number of nitrogen functional groups attached to an aromatic ring is 1. The first-order chi connectivity index (χ1) is 15.0. The molecule has 1 aromatic heterocycles. The SMILES string of the molecule is CCC.CNC(=O)c1ccccc1Sc1ccc(C(=N)/C=C/c2ccccn2)c(N)c1. The van der Waals surface area contributed by atoms with E-state index in [0.717, 1.165) is 15.5 Å². The zero-order chi connectivity index (χ0) is 22.6. The highest BCUT2D eigenvalue weighted by Gasteiger charge is 2.11. The van der Waals surface area contributed by atoms with Crippen molar-refractivity contribution < 1.29 is 4.79 Å². The van der Waals surface area contributed by atoms with Gasteiger partial charge in [-0.2, -0.15) is 0 Å². The average molecular weight is 433 g/mol. The van der Waals surface area contributed by atoms with Crippen LogP contribution in [0.2, 0.25) is 0 Å². The zero-order valence-corrected chi connectivity index (χ0v) is 18.9. The predicted molar refractivity (Wildman–Crippen MR) is 131 cm³/mol. The lowest BCUT2D eigenvalue weighted by atomic mass is 10.1. The molecule has 0 aliphatic rings. The van der Waals surface area contributed by atoms with Gasteiger partial charge in [0.05, 0.1) is 17.0 Å². The summed E-state index contributed by atoms with van der Waals surface area (Å²) in [6.07, 6.45) is 6.42. The summed E-state index contributed by atoms with van der Waals surface area (Å²) in [6, 6.07) is 18.6. The Bertz CT molecular complexity index is 1050. The Morgan fingerprint density at radius 1 is 1.10 bits per heavy atom. The number of benzene rings is 2. The number of amides is 1. The minimum atomic E-state index is -0.130. The number of allylic oxidation sites excluding steroid dienone is 1. The summed E-state index contributed by atoms with van der Waals surface area (Å²) in [6.45, 7) is 4.25. The van der Waals surface area contributed by atoms with Crippen molar-refractivity contribution in [1.29, 1.82) is 5.41 Å². The summed E-state index contributed by atoms with van der Waals surface area (Å²) in [7, 11) is 1.61. The van der Waals surface area contributed by atoms with Crippen molar-refractivity contribution in [3.05, 3.63) is 89.8 Å². The number of hydrogen-bond donors (Lipinski definition) is 3. The molecule has 0 saturated heterocycles. The van der Waals surface area contributed by atoms with Crippen LogP contribution in [0.15, 0.2) is 82.7 Å². The van der Waals surface area contributed by atoms with Gasteiger partial charge in [0, 0.05) is 34.3 Å². The van der Waals surface area contributed by atoms with Crippen molar-refractivity contribution in [2.45, 2.75) is 30.1 Å². The number of nitrogens with one attached hydrogen (secondary N) is 2. The lowest BCUT2D eigenvalue weighted by Crippen LogP contribution is -2.18. The average Bonchev–Trinajstić information content (AvgIpc) is 2.78. The van der Waals surface area contributed by atoms with E-state index in [4.69, 9.17) is 11.1 Å². The Labute approximate surface area is 188 Å². The summed E-state index contributed by atoms with van der Waals surface area (Å²) in [5.41, 5.74) is 9.05. The lowest BCUT2D eigenvalue weighted by Gasteiger charge is -2.10. The van der Waals surface area contributed by atoms with Gasteiger partial charge in [-0.1, -0.05) is 50.2 Å². The first kappa shape index (κ1) is 23.9. The van der Waals surface area contributed by atoms with Crippen LogP contribution in [0.3, 0.4) is 0 Å². The van der Waals surface area contributed by atoms with E-state index in [1.807, 2.05) is 54.6 Å². The number of carbonyl (C=O) groups excluding carboxylic acids is 1. The van der Waals surface area contributed by atoms with Gasteiger partial charge >= 0.3 is 0 Å². The number of nitrogens with zero attached hydrogens (tertiary/aromatic N) is 1. The molecular weight excluding hydrogens is 404 g/mol. The number of nitrogens with two attached hydrogens (primary N) is 1. The second-order valence-corrected chi connectivity index (χ2v) is 7.75. The van der Waals surface area contributed by atoms with Crippen molar-refractivity contribution in [1.82, 2.24) is 10.3 Å². The number of anilines is 1. The van der Waals surface area contributed by atoms with Crippen molar-refractivity contribution in [3.8, 4) is 0 Å². The van der Waals surface area contributed by atoms with E-state index in [1.165, 1.54) is 18.2 Å². The molecule has 3 aromatic rings. The van der Waals surface area contributed by atoms with Gasteiger partial charge in [-0.25, -0.2) is 0 Å². The van der Waals surface area contributed by atoms with Crippen molar-refractivity contribution >= 4 is 35.1 Å². The maximum Gasteiger partial charge on any atom is 0.252 e. The van der Waals surface area contributed by atoms with Gasteiger partial charge in [0.25, 0.3) is 5.91 Å². The van der Waals surface area contributed by atoms with E-state index in [2.05, 4.69) is 24.1 Å². The molecule has 0 atom stereocenters. The molecule has 1 amide bonds. The standard InChI is InChI=1S/C22H20N4OS.C3H8/c1-25-22(27)18-7-2-3-8-21(18)28-16-10-11-17(20(24)14-16)19(23)12-9-15-6-4-5-13-26-15;1-3-2/h2-14,23H,24H2,1H3,(H,25,27);3H2,1-2H3/b12-9+,23-19?;. The van der Waals surface area contributed by atoms with Crippen molar-refractivity contribution in [2.24, 2.45) is 0 Å². The number of rotatable bonds is 6. The fraction of sp³-hybridized carbons (Fsp3) is 0.160. The zero-order valence-electron chi connectivity index (χ0n) is 18.1. The maximum absolute atomic E-state index is 12.0. The normalized spacial score (nSPS) is 10.3. The minimum Gasteiger partial charge on any atom is -0.398 e. The molecule has 0 radical (unpaired) electrons. The molecule has 2 aromatic carbocycles. The molecule has 0 saturated carbocycles. The second kappa shape index (κ2) is 12.3. The van der Waals surface area contributed by atoms with Crippen molar-refractivity contribution in [3.63, 3.8) is 0 Å². The Kier molecular flexibility index (Phi) is 9.52. The quantitative estimate of drug-likeness (QED) is 0.345. The summed E-state index contributed by atoms with van der Waals surface area (Å²) in [5, 5.41) is 10.9. The summed E-state index contributed by atoms with van der Waals surface area (Å²) < 4.78 is 0. The van der Waals surface area contributed by atoms with Crippen LogP contribution in [0.4, 0.5) is 5.69 Å². The molecule has 3 rings (SSSR count). The van der Waals surface area contributed by atoms with Gasteiger partial charge in [0.15, 0.2) is 0 Å². The molecular formula is C25H28N4OS. The molecule has 0 fully saturated rings. The Balaban J connectivity index is 0.00000107. The highest BCUT2D eigenvalue weighted by atomic mass is 32.2. The fourth-order valence-electron chi connectivity index (χ4n) is 2.59. The molecule has 0 aliphatic carbocycles. The van der Waals surface area contributed by atoms with E-state index >= 15 is 0 Å². The van der Waals surface area contributed by atoms with Crippen LogP contribution in [0.1, 0.15) is 41.9 Å². The number of hydrogen-bond acceptors (Lipinski definition) is 5. The second-order valence-electron chi connectivity index (χ2n) is 6.64. The van der Waals surface area contributed by atoms with Crippen molar-refractivity contribution in [2.75, 3.05) is 12.8 Å². The lowest BCUT2D eigenvalue weighted by molar-refractivity contribution is 0.0960. The van der Waals surface area contributed by atoms with Crippen LogP contribution in [0.25, 0.3) is 6.08 Å². The minimum absolute atomic E-state index is 0.130. The van der Waals surface area contributed by atoms with E-state index < -0.39 is 0 Å². The molecule has 0 unspecified atom stereocenters. The highest BCUT2D eigenvalue weighted by molar-refractivity contribution is 7.99. The van der Waals surface area contributed by atoms with Crippen LogP contribution in [0.5, 0.6) is 0 Å². The van der Waals surface area contributed by atoms with Crippen LogP contribution in [0, 0.1) is 5.41 Å². The molecule has 4 N–H and O–H groups in total. The van der Waals surface area contributed by atoms with Crippen LogP contribution >= 0.6 is 11.8 Å². The number of carbonyl (C=O) groups is 1. The van der Waals surface area contributed by atoms with Crippen LogP contribution in [-0.4, -0.2) is 23.7 Å². The van der Waals surface area contributed by atoms with Crippen LogP contribution in [-0.2, 0) is 0 Å². The van der Waals surface area contributed by atoms with E-state index in [1.54, 1.807) is 31.5 Å². The van der Waals surface area contributed by atoms with Gasteiger partial charge in [-0.3, -0.25) is 9.78 Å². The Morgan fingerprint density at radius 3 is 2.45 bits per heavy atom. The third kappa shape index (κ3) is 7.12. The van der Waals surface area contributed by atoms with Gasteiger partial charge in [-0.05, 0) is 54.6 Å². The number of aromatic nitrogens is 1. The largest absolute Gasteiger partial charge is 0.398 e. The first-order valence-electron chi connectivity index (χ1n) is 10.1. The molecule has 160 valence electrons. The molecule has 5 nitrogen and oxygen atoms in total. The first-order valence-corrected chi connectivity index (χ1v) is 10.9. The van der Waals surface area contributed by atoms with Gasteiger partial charge < -0.3 is 16.5 Å². The molecule has 31 heavy (non-hydrogen) atoms. The Morgan fingerprint density at radius 2 is 1.81 bits per heavy atom. The monoisotopic (exact) mass is 432 g/mol. The summed E-state index contributed by atoms with van der Waals surface area (Å²) in [4.78, 5) is 18.0. The van der Waals surface area contributed by atoms with Crippen LogP contribution < -0.4 is 11.1 Å². The molecule has 0 bridgehead atoms. The third-order valence-corrected chi connectivity index (χ3v) is 5.07. The van der Waals surface area contributed by atoms with Gasteiger partial charge in [0.1, 0.15) is 0 Å². The molecule has 0 spiro atoms. The van der Waals surface area contributed by atoms with E-state index in [9.17, 15) is 4.79 Å². The molecule has 6 heteroatoms. The fourth-order valence-corrected chi connectivity index (χ4v) is 3.58. The van der Waals surface area contributed by atoms with Gasteiger partial charge in [0.2, 0.25) is 0 Å². The van der Waals surface area contributed by atoms with E-state index in [0.29, 0.717) is 22.5 Å². The summed E-state index contributed by atoms with van der Waals surface area (Å²) in [5.74, 6) is -0.130. The summed E-state index contributed by atoms with van der Waals surface area (Å²) >= 11 is 1.46. The van der Waals surface area contributed by atoms with E-state index in [-0.39, 0.29) is 5.91 Å². The predicted octanol–water partition coefficient (Wildman–Crippen LogP) is 5.67. The van der Waals surface area contributed by atoms with Gasteiger partial charge in [-0.15, -0.1) is 0 Å². The Hall–Kier alpha value is -3.38. The highest BCUT2D eigenvalue weighted by Crippen LogP contribution is 2.32. The smallest absolute Gasteiger partial charge is 0.252 e. The maximum atomic E-state index is 12.0.